The predicted molar refractivity (Wildman–Crippen MR) is 114 cm³/mol. The van der Waals surface area contributed by atoms with Crippen LogP contribution in [0.5, 0.6) is 0 Å². The molecule has 0 unspecified atom stereocenters. The number of rotatable bonds is 5. The molecule has 0 radical (unpaired) electrons. The lowest BCUT2D eigenvalue weighted by Crippen LogP contribution is -2.30. The molecule has 1 saturated carbocycles. The van der Waals surface area contributed by atoms with Crippen LogP contribution in [0.25, 0.3) is 0 Å². The van der Waals surface area contributed by atoms with Crippen LogP contribution < -0.4 is 4.72 Å². The number of sulfonamides is 1. The number of anilines is 1. The number of nitrogens with one attached hydrogen (secondary N) is 1. The van der Waals surface area contributed by atoms with E-state index in [1.165, 1.54) is 23.1 Å². The van der Waals surface area contributed by atoms with Gasteiger partial charge >= 0.3 is 0 Å². The Kier molecular flexibility index (Phi) is 5.79. The summed E-state index contributed by atoms with van der Waals surface area (Å²) in [6.45, 7) is 1.64. The van der Waals surface area contributed by atoms with Crippen LogP contribution in [0.1, 0.15) is 36.8 Å². The number of amides is 2. The van der Waals surface area contributed by atoms with E-state index in [4.69, 9.17) is 11.6 Å². The summed E-state index contributed by atoms with van der Waals surface area (Å²) in [6, 6.07) is 8.38. The zero-order valence-electron chi connectivity index (χ0n) is 16.9. The number of benzene rings is 2. The Morgan fingerprint density at radius 2 is 1.71 bits per heavy atom. The van der Waals surface area contributed by atoms with E-state index in [1.54, 1.807) is 19.1 Å². The van der Waals surface area contributed by atoms with E-state index >= 15 is 0 Å². The summed E-state index contributed by atoms with van der Waals surface area (Å²) < 4.78 is 42.2. The highest BCUT2D eigenvalue weighted by molar-refractivity contribution is 7.92. The number of nitrogens with zero attached hydrogens (tertiary/aromatic N) is 1. The first-order valence-electron chi connectivity index (χ1n) is 10.1. The topological polar surface area (TPSA) is 83.6 Å². The molecule has 0 spiro atoms. The smallest absolute Gasteiger partial charge is 0.262 e. The standard InChI is InChI=1S/C22H22ClFN2O4S/c1-13-6-7-14(12-26-21(27)16-4-2-3-5-17(16)22(26)28)10-20(13)31(29,30)25-19-9-8-15(23)11-18(19)24/h6-11,16-17,25H,2-5,12H2,1H3/t16-,17-/m0/s1. The summed E-state index contributed by atoms with van der Waals surface area (Å²) >= 11 is 5.72. The summed E-state index contributed by atoms with van der Waals surface area (Å²) in [5, 5.41) is 0.152. The highest BCUT2D eigenvalue weighted by Gasteiger charge is 2.47. The number of imide groups is 1. The molecule has 6 nitrogen and oxygen atoms in total. The molecule has 1 heterocycles. The number of likely N-dealkylation sites (tertiary alicyclic amines) is 1. The minimum absolute atomic E-state index is 0.0166. The largest absolute Gasteiger partial charge is 0.278 e. The summed E-state index contributed by atoms with van der Waals surface area (Å²) in [7, 11) is -4.10. The summed E-state index contributed by atoms with van der Waals surface area (Å²) in [4.78, 5) is 26.7. The van der Waals surface area contributed by atoms with E-state index in [2.05, 4.69) is 4.72 Å². The van der Waals surface area contributed by atoms with Crippen molar-refractivity contribution in [1.82, 2.24) is 4.90 Å². The van der Waals surface area contributed by atoms with Gasteiger partial charge in [0.2, 0.25) is 11.8 Å². The molecule has 0 aromatic heterocycles. The van der Waals surface area contributed by atoms with Crippen molar-refractivity contribution >= 4 is 39.1 Å². The fourth-order valence-electron chi connectivity index (χ4n) is 4.37. The molecule has 31 heavy (non-hydrogen) atoms. The van der Waals surface area contributed by atoms with E-state index in [0.717, 1.165) is 31.7 Å². The zero-order valence-corrected chi connectivity index (χ0v) is 18.5. The number of halogens is 2. The molecule has 2 atom stereocenters. The molecule has 1 saturated heterocycles. The number of fused-ring (bicyclic) bond motifs is 1. The first-order valence-corrected chi connectivity index (χ1v) is 12.0. The van der Waals surface area contributed by atoms with Gasteiger partial charge in [-0.25, -0.2) is 12.8 Å². The van der Waals surface area contributed by atoms with E-state index in [-0.39, 0.29) is 45.8 Å². The zero-order chi connectivity index (χ0) is 22.3. The Morgan fingerprint density at radius 3 is 2.32 bits per heavy atom. The van der Waals surface area contributed by atoms with Gasteiger partial charge in [-0.05, 0) is 55.2 Å². The Bertz CT molecular complexity index is 1140. The average molecular weight is 465 g/mol. The maximum Gasteiger partial charge on any atom is 0.262 e. The molecule has 1 aliphatic carbocycles. The Labute approximate surface area is 185 Å². The lowest BCUT2D eigenvalue weighted by molar-refractivity contribution is -0.140. The molecule has 9 heteroatoms. The van der Waals surface area contributed by atoms with Crippen molar-refractivity contribution in [2.45, 2.75) is 44.0 Å². The van der Waals surface area contributed by atoms with Crippen molar-refractivity contribution in [3.05, 3.63) is 58.4 Å². The number of hydrogen-bond acceptors (Lipinski definition) is 4. The normalized spacial score (nSPS) is 21.3. The van der Waals surface area contributed by atoms with Gasteiger partial charge < -0.3 is 0 Å². The molecule has 2 fully saturated rings. The lowest BCUT2D eigenvalue weighted by atomic mass is 9.81. The Balaban J connectivity index is 1.60. The highest BCUT2D eigenvalue weighted by Crippen LogP contribution is 2.38. The van der Waals surface area contributed by atoms with Crippen LogP contribution in [0.4, 0.5) is 10.1 Å². The fraction of sp³-hybridized carbons (Fsp3) is 0.364. The molecule has 0 bridgehead atoms. The SMILES string of the molecule is Cc1ccc(CN2C(=O)[C@H]3CCCC[C@@H]3C2=O)cc1S(=O)(=O)Nc1ccc(Cl)cc1F. The summed E-state index contributed by atoms with van der Waals surface area (Å²) in [5.74, 6) is -1.67. The molecule has 1 N–H and O–H groups in total. The van der Waals surface area contributed by atoms with Gasteiger partial charge in [-0.3, -0.25) is 19.2 Å². The van der Waals surface area contributed by atoms with Crippen molar-refractivity contribution in [3.63, 3.8) is 0 Å². The third-order valence-electron chi connectivity index (χ3n) is 5.99. The second-order valence-corrected chi connectivity index (χ2v) is 10.2. The predicted octanol–water partition coefficient (Wildman–Crippen LogP) is 4.26. The minimum atomic E-state index is -4.10. The fourth-order valence-corrected chi connectivity index (χ4v) is 5.90. The van der Waals surface area contributed by atoms with Crippen LogP contribution >= 0.6 is 11.6 Å². The van der Waals surface area contributed by atoms with Crippen LogP contribution in [-0.2, 0) is 26.2 Å². The average Bonchev–Trinajstić information content (AvgIpc) is 2.96. The lowest BCUT2D eigenvalue weighted by Gasteiger charge is -2.19. The second kappa shape index (κ2) is 8.24. The third kappa shape index (κ3) is 4.19. The molecule has 1 aliphatic heterocycles. The molecule has 4 rings (SSSR count). The van der Waals surface area contributed by atoms with Gasteiger partial charge in [0, 0.05) is 5.02 Å². The Morgan fingerprint density at radius 1 is 1.06 bits per heavy atom. The highest BCUT2D eigenvalue weighted by atomic mass is 35.5. The quantitative estimate of drug-likeness (QED) is 0.670. The van der Waals surface area contributed by atoms with Gasteiger partial charge in [0.25, 0.3) is 10.0 Å². The number of carbonyl (C=O) groups excluding carboxylic acids is 2. The number of carbonyl (C=O) groups is 2. The maximum absolute atomic E-state index is 14.1. The van der Waals surface area contributed by atoms with E-state index < -0.39 is 15.8 Å². The summed E-state index contributed by atoms with van der Waals surface area (Å²) in [5.41, 5.74) is 0.754. The molecule has 2 aliphatic rings. The van der Waals surface area contributed by atoms with Gasteiger partial charge in [-0.15, -0.1) is 0 Å². The first-order chi connectivity index (χ1) is 14.7. The monoisotopic (exact) mass is 464 g/mol. The van der Waals surface area contributed by atoms with Crippen molar-refractivity contribution in [3.8, 4) is 0 Å². The van der Waals surface area contributed by atoms with Crippen molar-refractivity contribution in [2.24, 2.45) is 11.8 Å². The van der Waals surface area contributed by atoms with Crippen molar-refractivity contribution < 1.29 is 22.4 Å². The van der Waals surface area contributed by atoms with Crippen LogP contribution in [0.2, 0.25) is 5.02 Å². The molecule has 2 amide bonds. The number of aryl methyl sites for hydroxylation is 1. The van der Waals surface area contributed by atoms with Crippen LogP contribution in [0.15, 0.2) is 41.3 Å². The molecular formula is C22H22ClFN2O4S. The van der Waals surface area contributed by atoms with E-state index in [0.29, 0.717) is 11.1 Å². The third-order valence-corrected chi connectivity index (χ3v) is 7.73. The van der Waals surface area contributed by atoms with E-state index in [9.17, 15) is 22.4 Å². The number of hydrogen-bond donors (Lipinski definition) is 1. The van der Waals surface area contributed by atoms with Gasteiger partial charge in [0.05, 0.1) is 29.0 Å². The molecule has 164 valence electrons. The maximum atomic E-state index is 14.1. The molecular weight excluding hydrogens is 443 g/mol. The first kappa shape index (κ1) is 21.8. The van der Waals surface area contributed by atoms with Crippen molar-refractivity contribution in [2.75, 3.05) is 4.72 Å². The van der Waals surface area contributed by atoms with Crippen molar-refractivity contribution in [1.29, 1.82) is 0 Å². The second-order valence-electron chi connectivity index (χ2n) is 8.09. The van der Waals surface area contributed by atoms with Gasteiger partial charge in [-0.2, -0.15) is 0 Å². The molecule has 2 aromatic rings. The van der Waals surface area contributed by atoms with Gasteiger partial charge in [-0.1, -0.05) is 36.6 Å². The van der Waals surface area contributed by atoms with Crippen LogP contribution in [0, 0.1) is 24.6 Å². The van der Waals surface area contributed by atoms with Gasteiger partial charge in [0.1, 0.15) is 5.82 Å². The Hall–Kier alpha value is -2.45. The van der Waals surface area contributed by atoms with E-state index in [1.807, 2.05) is 0 Å². The molecule has 2 aromatic carbocycles. The van der Waals surface area contributed by atoms with Crippen LogP contribution in [0.3, 0.4) is 0 Å². The minimum Gasteiger partial charge on any atom is -0.278 e. The summed E-state index contributed by atoms with van der Waals surface area (Å²) in [6.07, 6.45) is 3.31. The van der Waals surface area contributed by atoms with Crippen LogP contribution in [-0.4, -0.2) is 25.1 Å². The van der Waals surface area contributed by atoms with Gasteiger partial charge in [0.15, 0.2) is 0 Å².